The van der Waals surface area contributed by atoms with Gasteiger partial charge >= 0.3 is 0 Å². The van der Waals surface area contributed by atoms with Gasteiger partial charge in [-0.3, -0.25) is 9.59 Å². The summed E-state index contributed by atoms with van der Waals surface area (Å²) in [5.41, 5.74) is 0. The highest BCUT2D eigenvalue weighted by molar-refractivity contribution is 5.77. The third-order valence-electron chi connectivity index (χ3n) is 3.92. The lowest BCUT2D eigenvalue weighted by Gasteiger charge is -2.16. The molecular weight excluding hydrogens is 454 g/mol. The molecule has 0 bridgehead atoms. The molecule has 0 saturated heterocycles. The number of ether oxygens (including phenoxy) is 1. The number of rotatable bonds is 15. The largest absolute Gasteiger partial charge is 0.477 e. The summed E-state index contributed by atoms with van der Waals surface area (Å²) in [4.78, 5) is 22.2. The monoisotopic (exact) mass is 517 g/mol. The molecule has 5 N–H and O–H groups in total. The van der Waals surface area contributed by atoms with Crippen molar-refractivity contribution in [3.8, 4) is 0 Å². The molecule has 0 aromatic heterocycles. The quantitative estimate of drug-likeness (QED) is 0.163. The molecule has 218 valence electrons. The Balaban J connectivity index is -0.000000212. The van der Waals surface area contributed by atoms with Crippen molar-refractivity contribution in [2.24, 2.45) is 11.8 Å². The maximum absolute atomic E-state index is 11.2. The van der Waals surface area contributed by atoms with E-state index in [-0.39, 0.29) is 31.3 Å². The summed E-state index contributed by atoms with van der Waals surface area (Å²) in [5.74, 6) is 1.47. The molecule has 0 aliphatic rings. The molecule has 8 nitrogen and oxygen atoms in total. The Morgan fingerprint density at radius 3 is 1.47 bits per heavy atom. The minimum atomic E-state index is 0. The van der Waals surface area contributed by atoms with Gasteiger partial charge in [-0.1, -0.05) is 62.8 Å². The first kappa shape index (κ1) is 41.3. The third kappa shape index (κ3) is 39.4. The van der Waals surface area contributed by atoms with Crippen molar-refractivity contribution in [3.63, 3.8) is 0 Å². The van der Waals surface area contributed by atoms with E-state index >= 15 is 0 Å². The minimum Gasteiger partial charge on any atom is -0.477 e. The van der Waals surface area contributed by atoms with Gasteiger partial charge in [-0.15, -0.1) is 0 Å². The first-order valence-electron chi connectivity index (χ1n) is 13.2. The lowest BCUT2D eigenvalue weighted by atomic mass is 10.1. The molecule has 0 fully saturated rings. The zero-order chi connectivity index (χ0) is 28.0. The number of nitrogens with one attached hydrogen (secondary N) is 5. The second-order valence-electron chi connectivity index (χ2n) is 10.5. The smallest absolute Gasteiger partial charge is 0.222 e. The average Bonchev–Trinajstić information content (AvgIpc) is 2.67. The van der Waals surface area contributed by atoms with E-state index in [1.54, 1.807) is 0 Å². The van der Waals surface area contributed by atoms with Crippen LogP contribution in [0, 0.1) is 11.8 Å². The van der Waals surface area contributed by atoms with E-state index in [0.717, 1.165) is 26.2 Å². The Labute approximate surface area is 224 Å². The van der Waals surface area contributed by atoms with Crippen LogP contribution in [0.4, 0.5) is 0 Å². The third-order valence-corrected chi connectivity index (χ3v) is 3.92. The Kier molecular flexibility index (Phi) is 30.2. The van der Waals surface area contributed by atoms with Gasteiger partial charge < -0.3 is 31.3 Å². The Morgan fingerprint density at radius 1 is 0.694 bits per heavy atom. The highest BCUT2D eigenvalue weighted by atomic mass is 16.5. The van der Waals surface area contributed by atoms with Crippen LogP contribution in [0.3, 0.4) is 0 Å². The van der Waals surface area contributed by atoms with Gasteiger partial charge in [0.1, 0.15) is 0 Å². The van der Waals surface area contributed by atoms with Gasteiger partial charge in [0.25, 0.3) is 0 Å². The normalized spacial score (nSPS) is 10.4. The van der Waals surface area contributed by atoms with Gasteiger partial charge in [0.15, 0.2) is 5.88 Å². The number of hydrogen-bond donors (Lipinski definition) is 5. The van der Waals surface area contributed by atoms with E-state index in [2.05, 4.69) is 74.7 Å². The van der Waals surface area contributed by atoms with Gasteiger partial charge in [0.05, 0.1) is 6.10 Å². The van der Waals surface area contributed by atoms with Gasteiger partial charge in [-0.2, -0.15) is 0 Å². The summed E-state index contributed by atoms with van der Waals surface area (Å²) in [5, 5.41) is 15.2. The zero-order valence-corrected chi connectivity index (χ0v) is 24.9. The second kappa shape index (κ2) is 26.3. The lowest BCUT2D eigenvalue weighted by molar-refractivity contribution is -0.124. The molecule has 2 amide bonds. The molecule has 0 rings (SSSR count). The molecular formula is C28H63N5O3. The van der Waals surface area contributed by atoms with E-state index in [9.17, 15) is 9.59 Å². The van der Waals surface area contributed by atoms with Gasteiger partial charge in [0.2, 0.25) is 11.8 Å². The molecule has 0 aliphatic carbocycles. The summed E-state index contributed by atoms with van der Waals surface area (Å²) < 4.78 is 5.26. The highest BCUT2D eigenvalue weighted by Gasteiger charge is 2.05. The number of carbonyl (C=O) groups is 2. The first-order chi connectivity index (χ1) is 16.1. The van der Waals surface area contributed by atoms with Gasteiger partial charge in [-0.25, -0.2) is 0 Å². The highest BCUT2D eigenvalue weighted by Crippen LogP contribution is 1.97. The SMILES string of the molecule is C.C=C(NC(C)C)OC(C)C.CC(C)CC(=O)NCCNC(C)C.CC(C)NCCNC(=O)C(C)C. The van der Waals surface area contributed by atoms with Gasteiger partial charge in [0, 0.05) is 56.6 Å². The number of hydrogen-bond acceptors (Lipinski definition) is 6. The molecule has 0 radical (unpaired) electrons. The molecule has 0 saturated carbocycles. The van der Waals surface area contributed by atoms with Crippen molar-refractivity contribution in [3.05, 3.63) is 12.5 Å². The van der Waals surface area contributed by atoms with Crippen LogP contribution >= 0.6 is 0 Å². The second-order valence-corrected chi connectivity index (χ2v) is 10.5. The molecule has 36 heavy (non-hydrogen) atoms. The topological polar surface area (TPSA) is 104 Å². The Hall–Kier alpha value is -1.80. The molecule has 8 heteroatoms. The van der Waals surface area contributed by atoms with E-state index < -0.39 is 0 Å². The van der Waals surface area contributed by atoms with Crippen molar-refractivity contribution in [2.45, 2.75) is 121 Å². The van der Waals surface area contributed by atoms with Crippen molar-refractivity contribution in [1.82, 2.24) is 26.6 Å². The zero-order valence-electron chi connectivity index (χ0n) is 24.9. The lowest BCUT2D eigenvalue weighted by Crippen LogP contribution is -2.36. The fourth-order valence-corrected chi connectivity index (χ4v) is 2.40. The summed E-state index contributed by atoms with van der Waals surface area (Å²) in [6, 6.07) is 1.37. The first-order valence-corrected chi connectivity index (χ1v) is 13.2. The van der Waals surface area contributed by atoms with Crippen LogP contribution in [0.5, 0.6) is 0 Å². The van der Waals surface area contributed by atoms with E-state index in [1.165, 1.54) is 0 Å². The molecule has 0 spiro atoms. The Morgan fingerprint density at radius 2 is 1.14 bits per heavy atom. The van der Waals surface area contributed by atoms with Crippen LogP contribution in [0.2, 0.25) is 0 Å². The van der Waals surface area contributed by atoms with E-state index in [1.807, 2.05) is 41.5 Å². The van der Waals surface area contributed by atoms with E-state index in [4.69, 9.17) is 4.74 Å². The van der Waals surface area contributed by atoms with Crippen LogP contribution in [0.1, 0.15) is 96.9 Å². The van der Waals surface area contributed by atoms with Gasteiger partial charge in [-0.05, 0) is 40.2 Å². The predicted octanol–water partition coefficient (Wildman–Crippen LogP) is 4.42. The van der Waals surface area contributed by atoms with Crippen molar-refractivity contribution in [2.75, 3.05) is 26.2 Å². The standard InChI is InChI=1S/C10H22N2O.C9H20N2O.C8H17NO.CH4/c1-8(2)7-10(13)12-6-5-11-9(3)4;1-7(2)9(12)11-6-5-10-8(3)4;1-6(2)9-8(5)10-7(3)4;/h8-9,11H,5-7H2,1-4H3,(H,12,13);7-8,10H,5-6H2,1-4H3,(H,11,12);6-7,9H,5H2,1-4H3;1H4. The number of carbonyl (C=O) groups excluding carboxylic acids is 2. The van der Waals surface area contributed by atoms with Crippen LogP contribution in [-0.2, 0) is 14.3 Å². The summed E-state index contributed by atoms with van der Waals surface area (Å²) >= 11 is 0. The summed E-state index contributed by atoms with van der Waals surface area (Å²) in [6.07, 6.45) is 0.834. The van der Waals surface area contributed by atoms with Crippen LogP contribution < -0.4 is 26.6 Å². The van der Waals surface area contributed by atoms with Crippen LogP contribution in [-0.4, -0.2) is 62.2 Å². The maximum Gasteiger partial charge on any atom is 0.222 e. The molecule has 0 aliphatic heterocycles. The summed E-state index contributed by atoms with van der Waals surface area (Å²) in [7, 11) is 0. The molecule has 0 atom stereocenters. The van der Waals surface area contributed by atoms with Crippen molar-refractivity contribution in [1.29, 1.82) is 0 Å². The van der Waals surface area contributed by atoms with E-state index in [0.29, 0.717) is 36.3 Å². The molecule has 0 aromatic rings. The minimum absolute atomic E-state index is 0. The van der Waals surface area contributed by atoms with Crippen LogP contribution in [0.25, 0.3) is 0 Å². The van der Waals surface area contributed by atoms with Crippen molar-refractivity contribution >= 4 is 11.8 Å². The molecule has 0 heterocycles. The van der Waals surface area contributed by atoms with Crippen LogP contribution in [0.15, 0.2) is 12.5 Å². The Bertz CT molecular complexity index is 521. The predicted molar refractivity (Wildman–Crippen MR) is 157 cm³/mol. The average molecular weight is 518 g/mol. The molecule has 0 unspecified atom stereocenters. The fourth-order valence-electron chi connectivity index (χ4n) is 2.40. The van der Waals surface area contributed by atoms with Crippen molar-refractivity contribution < 1.29 is 14.3 Å². The number of amides is 2. The summed E-state index contributed by atoms with van der Waals surface area (Å²) in [6.45, 7) is 31.1. The maximum atomic E-state index is 11.2. The molecule has 0 aromatic carbocycles. The fraction of sp³-hybridized carbons (Fsp3) is 0.857.